The van der Waals surface area contributed by atoms with E-state index in [4.69, 9.17) is 9.84 Å². The SMILES string of the molecule is CCCCCCOc1ccc(CCNCCC(=O)O)cc1. The highest BCUT2D eigenvalue weighted by molar-refractivity contribution is 5.66. The molecule has 0 bridgehead atoms. The predicted molar refractivity (Wildman–Crippen MR) is 84.9 cm³/mol. The van der Waals surface area contributed by atoms with Crippen LogP contribution >= 0.6 is 0 Å². The molecule has 0 fully saturated rings. The van der Waals surface area contributed by atoms with Crippen molar-refractivity contribution in [3.05, 3.63) is 29.8 Å². The summed E-state index contributed by atoms with van der Waals surface area (Å²) in [6.45, 7) is 4.31. The van der Waals surface area contributed by atoms with Crippen molar-refractivity contribution in [3.63, 3.8) is 0 Å². The molecule has 0 aliphatic heterocycles. The molecule has 0 heterocycles. The van der Waals surface area contributed by atoms with Gasteiger partial charge in [0.1, 0.15) is 5.75 Å². The number of carboxylic acid groups (broad SMARTS) is 1. The molecule has 0 aromatic heterocycles. The second kappa shape index (κ2) is 11.1. The van der Waals surface area contributed by atoms with Crippen LogP contribution < -0.4 is 10.1 Å². The minimum Gasteiger partial charge on any atom is -0.494 e. The fourth-order valence-corrected chi connectivity index (χ4v) is 2.02. The first-order valence-corrected chi connectivity index (χ1v) is 7.86. The van der Waals surface area contributed by atoms with Gasteiger partial charge >= 0.3 is 5.97 Å². The molecule has 0 atom stereocenters. The number of nitrogens with one attached hydrogen (secondary N) is 1. The number of carboxylic acids is 1. The Bertz CT molecular complexity index is 390. The van der Waals surface area contributed by atoms with Gasteiger partial charge in [0.15, 0.2) is 0 Å². The topological polar surface area (TPSA) is 58.6 Å². The molecule has 0 saturated heterocycles. The van der Waals surface area contributed by atoms with Crippen LogP contribution in [0.2, 0.25) is 0 Å². The summed E-state index contributed by atoms with van der Waals surface area (Å²) in [6, 6.07) is 8.15. The van der Waals surface area contributed by atoms with Crippen molar-refractivity contribution in [2.75, 3.05) is 19.7 Å². The third-order valence-corrected chi connectivity index (χ3v) is 3.30. The highest BCUT2D eigenvalue weighted by Crippen LogP contribution is 2.13. The molecule has 2 N–H and O–H groups in total. The van der Waals surface area contributed by atoms with E-state index >= 15 is 0 Å². The summed E-state index contributed by atoms with van der Waals surface area (Å²) in [5, 5.41) is 11.6. The van der Waals surface area contributed by atoms with Crippen LogP contribution in [0.25, 0.3) is 0 Å². The van der Waals surface area contributed by atoms with Gasteiger partial charge in [-0.1, -0.05) is 38.3 Å². The fourth-order valence-electron chi connectivity index (χ4n) is 2.02. The minimum absolute atomic E-state index is 0.171. The Morgan fingerprint density at radius 1 is 1.14 bits per heavy atom. The molecule has 0 amide bonds. The lowest BCUT2D eigenvalue weighted by atomic mass is 10.1. The summed E-state index contributed by atoms with van der Waals surface area (Å²) in [5.74, 6) is 0.164. The van der Waals surface area contributed by atoms with E-state index < -0.39 is 5.97 Å². The average Bonchev–Trinajstić information content (AvgIpc) is 2.48. The molecule has 1 aromatic carbocycles. The van der Waals surface area contributed by atoms with Gasteiger partial charge in [0.2, 0.25) is 0 Å². The zero-order chi connectivity index (χ0) is 15.3. The van der Waals surface area contributed by atoms with Gasteiger partial charge in [0, 0.05) is 6.54 Å². The van der Waals surface area contributed by atoms with E-state index in [-0.39, 0.29) is 6.42 Å². The molecular formula is C17H27NO3. The Kier molecular flexibility index (Phi) is 9.29. The number of unbranched alkanes of at least 4 members (excludes halogenated alkanes) is 3. The van der Waals surface area contributed by atoms with Crippen LogP contribution in [0.1, 0.15) is 44.6 Å². The van der Waals surface area contributed by atoms with Crippen molar-refractivity contribution >= 4 is 5.97 Å². The normalized spacial score (nSPS) is 10.5. The molecule has 21 heavy (non-hydrogen) atoms. The molecule has 0 saturated carbocycles. The maximum Gasteiger partial charge on any atom is 0.304 e. The Labute approximate surface area is 127 Å². The van der Waals surface area contributed by atoms with Gasteiger partial charge < -0.3 is 15.2 Å². The smallest absolute Gasteiger partial charge is 0.304 e. The summed E-state index contributed by atoms with van der Waals surface area (Å²) in [5.41, 5.74) is 1.23. The number of carbonyl (C=O) groups is 1. The van der Waals surface area contributed by atoms with E-state index in [1.54, 1.807) is 0 Å². The van der Waals surface area contributed by atoms with Gasteiger partial charge in [-0.2, -0.15) is 0 Å². The van der Waals surface area contributed by atoms with Gasteiger partial charge in [0.25, 0.3) is 0 Å². The van der Waals surface area contributed by atoms with E-state index in [0.717, 1.165) is 31.7 Å². The summed E-state index contributed by atoms with van der Waals surface area (Å²) in [7, 11) is 0. The summed E-state index contributed by atoms with van der Waals surface area (Å²) < 4.78 is 5.70. The zero-order valence-electron chi connectivity index (χ0n) is 12.9. The number of aliphatic carboxylic acids is 1. The standard InChI is InChI=1S/C17H27NO3/c1-2-3-4-5-14-21-16-8-6-15(7-9-16)10-12-18-13-11-17(19)20/h6-9,18H,2-5,10-14H2,1H3,(H,19,20). The first-order valence-electron chi connectivity index (χ1n) is 7.86. The molecule has 0 spiro atoms. The molecular weight excluding hydrogens is 266 g/mol. The van der Waals surface area contributed by atoms with Gasteiger partial charge in [-0.15, -0.1) is 0 Å². The van der Waals surface area contributed by atoms with Crippen molar-refractivity contribution in [1.29, 1.82) is 0 Å². The lowest BCUT2D eigenvalue weighted by Gasteiger charge is -2.07. The van der Waals surface area contributed by atoms with Crippen LogP contribution in [0.5, 0.6) is 5.75 Å². The third kappa shape index (κ3) is 9.08. The molecule has 0 radical (unpaired) electrons. The van der Waals surface area contributed by atoms with E-state index in [9.17, 15) is 4.79 Å². The van der Waals surface area contributed by atoms with Crippen molar-refractivity contribution in [2.24, 2.45) is 0 Å². The van der Waals surface area contributed by atoms with Crippen LogP contribution in [0.3, 0.4) is 0 Å². The highest BCUT2D eigenvalue weighted by atomic mass is 16.5. The molecule has 0 aliphatic rings. The molecule has 0 unspecified atom stereocenters. The second-order valence-electron chi connectivity index (χ2n) is 5.20. The highest BCUT2D eigenvalue weighted by Gasteiger charge is 1.98. The monoisotopic (exact) mass is 293 g/mol. The Morgan fingerprint density at radius 3 is 2.57 bits per heavy atom. The van der Waals surface area contributed by atoms with Crippen molar-refractivity contribution in [2.45, 2.75) is 45.4 Å². The minimum atomic E-state index is -0.761. The van der Waals surface area contributed by atoms with Crippen LogP contribution in [0, 0.1) is 0 Å². The second-order valence-corrected chi connectivity index (χ2v) is 5.20. The van der Waals surface area contributed by atoms with Crippen LogP contribution in [0.15, 0.2) is 24.3 Å². The first kappa shape index (κ1) is 17.5. The molecule has 1 aromatic rings. The summed E-state index contributed by atoms with van der Waals surface area (Å²) in [6.07, 6.45) is 5.94. The van der Waals surface area contributed by atoms with Crippen LogP contribution in [0.4, 0.5) is 0 Å². The number of hydrogen-bond acceptors (Lipinski definition) is 3. The Balaban J connectivity index is 2.13. The van der Waals surface area contributed by atoms with Gasteiger partial charge in [-0.05, 0) is 37.1 Å². The van der Waals surface area contributed by atoms with Crippen molar-refractivity contribution in [1.82, 2.24) is 5.32 Å². The quantitative estimate of drug-likeness (QED) is 0.581. The van der Waals surface area contributed by atoms with Gasteiger partial charge in [-0.25, -0.2) is 0 Å². The van der Waals surface area contributed by atoms with E-state index in [1.807, 2.05) is 12.1 Å². The van der Waals surface area contributed by atoms with Crippen LogP contribution in [-0.4, -0.2) is 30.8 Å². The van der Waals surface area contributed by atoms with Gasteiger partial charge in [-0.3, -0.25) is 4.79 Å². The zero-order valence-corrected chi connectivity index (χ0v) is 12.9. The Morgan fingerprint density at radius 2 is 1.90 bits per heavy atom. The molecule has 118 valence electrons. The molecule has 4 nitrogen and oxygen atoms in total. The lowest BCUT2D eigenvalue weighted by molar-refractivity contribution is -0.136. The number of ether oxygens (including phenoxy) is 1. The third-order valence-electron chi connectivity index (χ3n) is 3.30. The number of hydrogen-bond donors (Lipinski definition) is 2. The Hall–Kier alpha value is -1.55. The number of benzene rings is 1. The predicted octanol–water partition coefficient (Wildman–Crippen LogP) is 3.25. The maximum atomic E-state index is 10.4. The maximum absolute atomic E-state index is 10.4. The van der Waals surface area contributed by atoms with Crippen LogP contribution in [-0.2, 0) is 11.2 Å². The molecule has 4 heteroatoms. The van der Waals surface area contributed by atoms with Gasteiger partial charge in [0.05, 0.1) is 13.0 Å². The van der Waals surface area contributed by atoms with E-state index in [2.05, 4.69) is 24.4 Å². The lowest BCUT2D eigenvalue weighted by Crippen LogP contribution is -2.20. The number of rotatable bonds is 12. The van der Waals surface area contributed by atoms with E-state index in [1.165, 1.54) is 24.8 Å². The van der Waals surface area contributed by atoms with Crippen molar-refractivity contribution in [3.8, 4) is 5.75 Å². The molecule has 0 aliphatic carbocycles. The van der Waals surface area contributed by atoms with Crippen molar-refractivity contribution < 1.29 is 14.6 Å². The summed E-state index contributed by atoms with van der Waals surface area (Å²) >= 11 is 0. The fraction of sp³-hybridized carbons (Fsp3) is 0.588. The van der Waals surface area contributed by atoms with E-state index in [0.29, 0.717) is 6.54 Å². The average molecular weight is 293 g/mol. The molecule has 1 rings (SSSR count). The first-order chi connectivity index (χ1) is 10.2. The largest absolute Gasteiger partial charge is 0.494 e. The summed E-state index contributed by atoms with van der Waals surface area (Å²) in [4.78, 5) is 10.4.